The first-order chi connectivity index (χ1) is 14.1. The van der Waals surface area contributed by atoms with Crippen LogP contribution in [0.5, 0.6) is 0 Å². The third-order valence-corrected chi connectivity index (χ3v) is 5.81. The lowest BCUT2D eigenvalue weighted by atomic mass is 10.1. The Kier molecular flexibility index (Phi) is 4.77. The number of sulfonamides is 1. The van der Waals surface area contributed by atoms with Crippen molar-refractivity contribution < 1.29 is 13.2 Å². The van der Waals surface area contributed by atoms with Gasteiger partial charge < -0.3 is 0 Å². The van der Waals surface area contributed by atoms with E-state index in [0.717, 1.165) is 32.7 Å². The first-order valence-electron chi connectivity index (χ1n) is 9.42. The fourth-order valence-electron chi connectivity index (χ4n) is 3.37. The van der Waals surface area contributed by atoms with Crippen LogP contribution in [0.15, 0.2) is 48.5 Å². The van der Waals surface area contributed by atoms with Crippen molar-refractivity contribution in [3.63, 3.8) is 0 Å². The summed E-state index contributed by atoms with van der Waals surface area (Å²) in [5, 5.41) is 8.96. The van der Waals surface area contributed by atoms with Crippen molar-refractivity contribution in [2.75, 3.05) is 10.6 Å². The van der Waals surface area contributed by atoms with E-state index >= 15 is 0 Å². The van der Waals surface area contributed by atoms with Crippen LogP contribution < -0.4 is 4.31 Å². The summed E-state index contributed by atoms with van der Waals surface area (Å²) in [6.45, 7) is 5.84. The molecule has 0 aliphatic carbocycles. The second-order valence-electron chi connectivity index (χ2n) is 7.49. The Balaban J connectivity index is 1.80. The first-order valence-corrected chi connectivity index (χ1v) is 11.3. The summed E-state index contributed by atoms with van der Waals surface area (Å²) < 4.78 is 27.7. The largest absolute Gasteiger partial charge is 0.272 e. The molecular weight excluding hydrogens is 402 g/mol. The Hall–Kier alpha value is -3.33. The first kappa shape index (κ1) is 20.0. The van der Waals surface area contributed by atoms with Crippen LogP contribution in [0.3, 0.4) is 0 Å². The molecule has 0 N–H and O–H groups in total. The number of hydrogen-bond acceptors (Lipinski definition) is 6. The third-order valence-electron chi connectivity index (χ3n) is 4.77. The van der Waals surface area contributed by atoms with Crippen LogP contribution in [0.25, 0.3) is 21.9 Å². The summed E-state index contributed by atoms with van der Waals surface area (Å²) in [6, 6.07) is 13.6. The number of pyridine rings is 1. The number of amides is 1. The highest BCUT2D eigenvalue weighted by atomic mass is 32.2. The summed E-state index contributed by atoms with van der Waals surface area (Å²) >= 11 is 0. The molecule has 30 heavy (non-hydrogen) atoms. The van der Waals surface area contributed by atoms with Crippen LogP contribution in [-0.4, -0.2) is 40.6 Å². The van der Waals surface area contributed by atoms with Crippen molar-refractivity contribution in [1.82, 2.24) is 20.0 Å². The number of rotatable bonds is 4. The molecule has 0 bridgehead atoms. The van der Waals surface area contributed by atoms with Crippen LogP contribution in [0, 0.1) is 6.92 Å². The van der Waals surface area contributed by atoms with Gasteiger partial charge in [0.2, 0.25) is 10.0 Å². The molecule has 8 nitrogen and oxygen atoms in total. The molecular formula is C21H21N5O3S. The van der Waals surface area contributed by atoms with E-state index in [1.807, 2.05) is 32.9 Å². The van der Waals surface area contributed by atoms with Gasteiger partial charge >= 0.3 is 0 Å². The lowest BCUT2D eigenvalue weighted by Crippen LogP contribution is -2.36. The molecule has 0 aliphatic rings. The maximum absolute atomic E-state index is 13.2. The number of aryl methyl sites for hydroxylation is 1. The predicted molar refractivity (Wildman–Crippen MR) is 116 cm³/mol. The predicted octanol–water partition coefficient (Wildman–Crippen LogP) is 3.48. The highest BCUT2D eigenvalue weighted by Crippen LogP contribution is 2.26. The van der Waals surface area contributed by atoms with Gasteiger partial charge in [-0.2, -0.15) is 0 Å². The normalized spacial score (nSPS) is 12.0. The van der Waals surface area contributed by atoms with Gasteiger partial charge in [-0.05, 0) is 63.2 Å². The van der Waals surface area contributed by atoms with Crippen LogP contribution in [0.1, 0.15) is 35.9 Å². The zero-order chi connectivity index (χ0) is 21.6. The van der Waals surface area contributed by atoms with E-state index < -0.39 is 15.9 Å². The Morgan fingerprint density at radius 1 is 1.03 bits per heavy atom. The Bertz CT molecular complexity index is 1390. The van der Waals surface area contributed by atoms with Crippen LogP contribution >= 0.6 is 0 Å². The van der Waals surface area contributed by atoms with Gasteiger partial charge in [0.1, 0.15) is 5.52 Å². The number of aromatic nitrogens is 4. The molecule has 0 radical (unpaired) electrons. The van der Waals surface area contributed by atoms with Crippen molar-refractivity contribution in [2.24, 2.45) is 0 Å². The lowest BCUT2D eigenvalue weighted by Gasteiger charge is -2.21. The summed E-state index contributed by atoms with van der Waals surface area (Å²) in [4.78, 5) is 17.7. The van der Waals surface area contributed by atoms with Crippen molar-refractivity contribution in [3.8, 4) is 0 Å². The van der Waals surface area contributed by atoms with Gasteiger partial charge in [-0.25, -0.2) is 17.4 Å². The molecule has 154 valence electrons. The van der Waals surface area contributed by atoms with Gasteiger partial charge in [-0.1, -0.05) is 11.3 Å². The minimum absolute atomic E-state index is 0.110. The maximum atomic E-state index is 13.2. The molecule has 1 amide bonds. The molecule has 2 heterocycles. The molecule has 0 unspecified atom stereocenters. The minimum Gasteiger partial charge on any atom is -0.268 e. The highest BCUT2D eigenvalue weighted by Gasteiger charge is 2.27. The number of benzene rings is 2. The quantitative estimate of drug-likeness (QED) is 0.498. The number of fused-ring (bicyclic) bond motifs is 2. The molecule has 4 rings (SSSR count). The summed E-state index contributed by atoms with van der Waals surface area (Å²) in [7, 11) is -3.88. The number of carbonyl (C=O) groups is 1. The molecule has 0 saturated heterocycles. The van der Waals surface area contributed by atoms with E-state index in [2.05, 4.69) is 15.3 Å². The average molecular weight is 423 g/mol. The fraction of sp³-hybridized carbons (Fsp3) is 0.238. The van der Waals surface area contributed by atoms with Crippen molar-refractivity contribution in [3.05, 3.63) is 59.8 Å². The average Bonchev–Trinajstić information content (AvgIpc) is 3.10. The number of hydrogen-bond donors (Lipinski definition) is 0. The Morgan fingerprint density at radius 2 is 1.80 bits per heavy atom. The van der Waals surface area contributed by atoms with Gasteiger partial charge in [-0.3, -0.25) is 9.78 Å². The molecule has 2 aromatic heterocycles. The minimum atomic E-state index is -3.88. The zero-order valence-corrected chi connectivity index (χ0v) is 17.9. The summed E-state index contributed by atoms with van der Waals surface area (Å²) in [5.74, 6) is -0.655. The third kappa shape index (κ3) is 3.52. The van der Waals surface area contributed by atoms with Gasteiger partial charge in [-0.15, -0.1) is 5.10 Å². The molecule has 2 aromatic carbocycles. The molecule has 9 heteroatoms. The standard InChI is InChI=1S/C21H21N5O3S/c1-13(2)25-20-10-7-16(12-19(20)23-24-25)21(27)26(30(4,28)29)17-8-9-18-15(11-17)6-5-14(3)22-18/h5-13H,1-4H3. The summed E-state index contributed by atoms with van der Waals surface area (Å²) in [6.07, 6.45) is 1.01. The van der Waals surface area contributed by atoms with Gasteiger partial charge in [0.25, 0.3) is 5.91 Å². The second kappa shape index (κ2) is 7.17. The van der Waals surface area contributed by atoms with Crippen molar-refractivity contribution >= 4 is 43.6 Å². The molecule has 0 saturated carbocycles. The summed E-state index contributed by atoms with van der Waals surface area (Å²) in [5.41, 5.74) is 3.36. The number of nitrogens with zero attached hydrogens (tertiary/aromatic N) is 5. The van der Waals surface area contributed by atoms with Crippen molar-refractivity contribution in [2.45, 2.75) is 26.8 Å². The zero-order valence-electron chi connectivity index (χ0n) is 17.1. The molecule has 4 aromatic rings. The molecule has 0 aliphatic heterocycles. The van der Waals surface area contributed by atoms with Gasteiger partial charge in [0.15, 0.2) is 0 Å². The van der Waals surface area contributed by atoms with Gasteiger partial charge in [0, 0.05) is 22.7 Å². The van der Waals surface area contributed by atoms with Gasteiger partial charge in [0.05, 0.1) is 23.0 Å². The van der Waals surface area contributed by atoms with E-state index in [-0.39, 0.29) is 17.3 Å². The molecule has 0 atom stereocenters. The fourth-order valence-corrected chi connectivity index (χ4v) is 4.28. The maximum Gasteiger partial charge on any atom is 0.272 e. The Labute approximate surface area is 174 Å². The SMILES string of the molecule is Cc1ccc2cc(N(C(=O)c3ccc4c(c3)nnn4C(C)C)S(C)(=O)=O)ccc2n1. The monoisotopic (exact) mass is 423 g/mol. The highest BCUT2D eigenvalue weighted by molar-refractivity contribution is 7.92. The lowest BCUT2D eigenvalue weighted by molar-refractivity contribution is 0.101. The van der Waals surface area contributed by atoms with Crippen LogP contribution in [0.4, 0.5) is 5.69 Å². The van der Waals surface area contributed by atoms with Crippen molar-refractivity contribution in [1.29, 1.82) is 0 Å². The topological polar surface area (TPSA) is 98.0 Å². The van der Waals surface area contributed by atoms with E-state index in [1.165, 1.54) is 0 Å². The van der Waals surface area contributed by atoms with E-state index in [1.54, 1.807) is 41.1 Å². The second-order valence-corrected chi connectivity index (χ2v) is 9.32. The molecule has 0 spiro atoms. The Morgan fingerprint density at radius 3 is 2.50 bits per heavy atom. The van der Waals surface area contributed by atoms with E-state index in [9.17, 15) is 13.2 Å². The van der Waals surface area contributed by atoms with E-state index in [4.69, 9.17) is 0 Å². The van der Waals surface area contributed by atoms with E-state index in [0.29, 0.717) is 5.52 Å². The van der Waals surface area contributed by atoms with Crippen LogP contribution in [0.2, 0.25) is 0 Å². The van der Waals surface area contributed by atoms with Crippen LogP contribution in [-0.2, 0) is 10.0 Å². The number of anilines is 1. The molecule has 0 fully saturated rings. The smallest absolute Gasteiger partial charge is 0.268 e. The number of carbonyl (C=O) groups excluding carboxylic acids is 1.